The van der Waals surface area contributed by atoms with Crippen LogP contribution in [0.1, 0.15) is 5.56 Å². The first-order valence-electron chi connectivity index (χ1n) is 5.96. The minimum atomic E-state index is -0.0116. The third-order valence-electron chi connectivity index (χ3n) is 3.51. The molecule has 4 heteroatoms. The highest BCUT2D eigenvalue weighted by Crippen LogP contribution is 2.25. The monoisotopic (exact) mass is 232 g/mol. The Bertz CT molecular complexity index is 403. The fourth-order valence-corrected chi connectivity index (χ4v) is 2.70. The highest BCUT2D eigenvalue weighted by Gasteiger charge is 2.40. The van der Waals surface area contributed by atoms with Crippen molar-refractivity contribution >= 4 is 5.71 Å². The van der Waals surface area contributed by atoms with Crippen molar-refractivity contribution in [2.75, 3.05) is 19.7 Å². The lowest BCUT2D eigenvalue weighted by atomic mass is 9.97. The maximum absolute atomic E-state index is 8.94. The molecule has 2 aliphatic heterocycles. The lowest BCUT2D eigenvalue weighted by molar-refractivity contribution is 0.115. The number of fused-ring (bicyclic) bond motifs is 2. The summed E-state index contributed by atoms with van der Waals surface area (Å²) < 4.78 is 5.62. The van der Waals surface area contributed by atoms with E-state index in [2.05, 4.69) is 34.3 Å². The maximum Gasteiger partial charge on any atom is 0.112 e. The van der Waals surface area contributed by atoms with Gasteiger partial charge in [0.05, 0.1) is 12.3 Å². The van der Waals surface area contributed by atoms with Gasteiger partial charge in [0.25, 0.3) is 0 Å². The van der Waals surface area contributed by atoms with Crippen LogP contribution >= 0.6 is 0 Å². The molecule has 2 saturated heterocycles. The molecule has 0 aromatic heterocycles. The Hall–Kier alpha value is -1.39. The second kappa shape index (κ2) is 4.47. The van der Waals surface area contributed by atoms with Gasteiger partial charge < -0.3 is 9.94 Å². The Labute approximate surface area is 100 Å². The minimum Gasteiger partial charge on any atom is -0.411 e. The summed E-state index contributed by atoms with van der Waals surface area (Å²) in [5.74, 6) is 0.266. The standard InChI is InChI=1S/C13H16N2O2/c16-14-13-11-7-15(8-12(13)17-9-11)6-10-4-2-1-3-5-10/h1-5,11-12,16H,6-9H2/b14-13-. The Morgan fingerprint density at radius 1 is 1.29 bits per heavy atom. The molecule has 4 nitrogen and oxygen atoms in total. The van der Waals surface area contributed by atoms with Crippen molar-refractivity contribution in [2.24, 2.45) is 11.1 Å². The average molecular weight is 232 g/mol. The van der Waals surface area contributed by atoms with Gasteiger partial charge in [0.1, 0.15) is 6.10 Å². The van der Waals surface area contributed by atoms with Crippen LogP contribution in [0.4, 0.5) is 0 Å². The number of rotatable bonds is 2. The molecule has 1 aromatic rings. The molecule has 2 unspecified atom stereocenters. The summed E-state index contributed by atoms with van der Waals surface area (Å²) in [6, 6.07) is 10.4. The Kier molecular flexibility index (Phi) is 2.82. The van der Waals surface area contributed by atoms with Gasteiger partial charge in [-0.1, -0.05) is 35.5 Å². The molecule has 0 amide bonds. The van der Waals surface area contributed by atoms with Crippen LogP contribution in [-0.2, 0) is 11.3 Å². The number of benzene rings is 1. The minimum absolute atomic E-state index is 0.0116. The number of nitrogens with zero attached hydrogens (tertiary/aromatic N) is 2. The smallest absolute Gasteiger partial charge is 0.112 e. The molecular weight excluding hydrogens is 216 g/mol. The van der Waals surface area contributed by atoms with E-state index >= 15 is 0 Å². The van der Waals surface area contributed by atoms with E-state index in [-0.39, 0.29) is 12.0 Å². The lowest BCUT2D eigenvalue weighted by Gasteiger charge is -2.30. The van der Waals surface area contributed by atoms with E-state index in [1.165, 1.54) is 5.56 Å². The SMILES string of the molecule is O/N=C1/C2COC1CN(Cc1ccccc1)C2. The van der Waals surface area contributed by atoms with E-state index in [1.807, 2.05) is 6.07 Å². The molecule has 0 aliphatic carbocycles. The topological polar surface area (TPSA) is 45.1 Å². The summed E-state index contributed by atoms with van der Waals surface area (Å²) >= 11 is 0. The van der Waals surface area contributed by atoms with E-state index < -0.39 is 0 Å². The average Bonchev–Trinajstić information content (AvgIpc) is 2.61. The largest absolute Gasteiger partial charge is 0.411 e. The lowest BCUT2D eigenvalue weighted by Crippen LogP contribution is -2.45. The van der Waals surface area contributed by atoms with Gasteiger partial charge in [0, 0.05) is 25.6 Å². The van der Waals surface area contributed by atoms with Crippen LogP contribution in [0.2, 0.25) is 0 Å². The van der Waals surface area contributed by atoms with Crippen LogP contribution in [0.25, 0.3) is 0 Å². The zero-order valence-electron chi connectivity index (χ0n) is 9.62. The highest BCUT2D eigenvalue weighted by molar-refractivity contribution is 5.93. The number of hydrogen-bond acceptors (Lipinski definition) is 4. The van der Waals surface area contributed by atoms with Crippen LogP contribution in [0.15, 0.2) is 35.5 Å². The van der Waals surface area contributed by atoms with Crippen molar-refractivity contribution in [1.82, 2.24) is 4.90 Å². The van der Waals surface area contributed by atoms with Gasteiger partial charge in [-0.15, -0.1) is 0 Å². The van der Waals surface area contributed by atoms with Crippen molar-refractivity contribution < 1.29 is 9.94 Å². The Morgan fingerprint density at radius 2 is 2.12 bits per heavy atom. The van der Waals surface area contributed by atoms with Crippen molar-refractivity contribution in [3.05, 3.63) is 35.9 Å². The number of likely N-dealkylation sites (tertiary alicyclic amines) is 1. The summed E-state index contributed by atoms with van der Waals surface area (Å²) in [4.78, 5) is 2.37. The Balaban J connectivity index is 1.69. The molecule has 0 radical (unpaired) electrons. The number of hydrogen-bond donors (Lipinski definition) is 1. The number of piperidine rings is 1. The van der Waals surface area contributed by atoms with Gasteiger partial charge in [-0.2, -0.15) is 0 Å². The predicted molar refractivity (Wildman–Crippen MR) is 64.2 cm³/mol. The third kappa shape index (κ3) is 2.06. The summed E-state index contributed by atoms with van der Waals surface area (Å²) in [7, 11) is 0. The Morgan fingerprint density at radius 3 is 2.82 bits per heavy atom. The molecule has 1 aromatic carbocycles. The number of ether oxygens (including phenoxy) is 1. The molecule has 2 bridgehead atoms. The molecule has 2 atom stereocenters. The zero-order chi connectivity index (χ0) is 11.7. The first kappa shape index (κ1) is 10.7. The summed E-state index contributed by atoms with van der Waals surface area (Å²) in [6.07, 6.45) is -0.0116. The quantitative estimate of drug-likeness (QED) is 0.618. The number of oxime groups is 1. The van der Waals surface area contributed by atoms with E-state index in [0.29, 0.717) is 6.61 Å². The van der Waals surface area contributed by atoms with Gasteiger partial charge >= 0.3 is 0 Å². The van der Waals surface area contributed by atoms with E-state index in [4.69, 9.17) is 9.94 Å². The molecule has 17 heavy (non-hydrogen) atoms. The molecule has 2 heterocycles. The van der Waals surface area contributed by atoms with Gasteiger partial charge in [-0.25, -0.2) is 0 Å². The molecule has 2 aliphatic rings. The van der Waals surface area contributed by atoms with Gasteiger partial charge in [0.15, 0.2) is 0 Å². The van der Waals surface area contributed by atoms with Crippen molar-refractivity contribution in [3.63, 3.8) is 0 Å². The third-order valence-corrected chi connectivity index (χ3v) is 3.51. The van der Waals surface area contributed by atoms with Crippen LogP contribution < -0.4 is 0 Å². The molecular formula is C13H16N2O2. The second-order valence-electron chi connectivity index (χ2n) is 4.72. The summed E-state index contributed by atoms with van der Waals surface area (Å²) in [5, 5.41) is 12.3. The first-order valence-corrected chi connectivity index (χ1v) is 5.96. The fourth-order valence-electron chi connectivity index (χ4n) is 2.70. The van der Waals surface area contributed by atoms with Gasteiger partial charge in [0.2, 0.25) is 0 Å². The van der Waals surface area contributed by atoms with Crippen molar-refractivity contribution in [1.29, 1.82) is 0 Å². The fraction of sp³-hybridized carbons (Fsp3) is 0.462. The van der Waals surface area contributed by atoms with E-state index in [9.17, 15) is 0 Å². The summed E-state index contributed by atoms with van der Waals surface area (Å²) in [5.41, 5.74) is 2.14. The molecule has 0 spiro atoms. The first-order chi connectivity index (χ1) is 8.36. The molecule has 0 saturated carbocycles. The van der Waals surface area contributed by atoms with E-state index in [0.717, 1.165) is 25.3 Å². The van der Waals surface area contributed by atoms with Crippen LogP contribution in [0.3, 0.4) is 0 Å². The predicted octanol–water partition coefficient (Wildman–Crippen LogP) is 1.35. The highest BCUT2D eigenvalue weighted by atomic mass is 16.5. The zero-order valence-corrected chi connectivity index (χ0v) is 9.62. The van der Waals surface area contributed by atoms with Gasteiger partial charge in [-0.05, 0) is 5.56 Å². The maximum atomic E-state index is 8.94. The molecule has 3 rings (SSSR count). The molecule has 2 fully saturated rings. The van der Waals surface area contributed by atoms with Crippen molar-refractivity contribution in [2.45, 2.75) is 12.6 Å². The van der Waals surface area contributed by atoms with Crippen LogP contribution in [0, 0.1) is 5.92 Å². The normalized spacial score (nSPS) is 30.9. The molecule has 90 valence electrons. The second-order valence-corrected chi connectivity index (χ2v) is 4.72. The summed E-state index contributed by atoms with van der Waals surface area (Å²) in [6.45, 7) is 3.38. The van der Waals surface area contributed by atoms with Gasteiger partial charge in [-0.3, -0.25) is 4.90 Å². The van der Waals surface area contributed by atoms with E-state index in [1.54, 1.807) is 0 Å². The van der Waals surface area contributed by atoms with Crippen LogP contribution in [0.5, 0.6) is 0 Å². The van der Waals surface area contributed by atoms with Crippen molar-refractivity contribution in [3.8, 4) is 0 Å². The van der Waals surface area contributed by atoms with Crippen LogP contribution in [-0.4, -0.2) is 41.6 Å². The molecule has 1 N–H and O–H groups in total.